The maximum Gasteiger partial charge on any atom is 0.326 e. The fraction of sp³-hybridized carbons (Fsp3) is 0.660. The Kier molecular flexibility index (Phi) is 20.4. The number of likely N-dealkylation sites (tertiary alicyclic amines) is 1. The Balaban J connectivity index is 1.42. The van der Waals surface area contributed by atoms with Crippen molar-refractivity contribution < 1.29 is 48.1 Å². The second kappa shape index (κ2) is 25.2. The number of rotatable bonds is 26. The number of nitrogens with one attached hydrogen (secondary N) is 3. The number of hydrogen-bond acceptors (Lipinski definition) is 10. The van der Waals surface area contributed by atoms with E-state index >= 15 is 0 Å². The van der Waals surface area contributed by atoms with Crippen molar-refractivity contribution in [2.75, 3.05) is 34.4 Å². The molecule has 16 heteroatoms. The summed E-state index contributed by atoms with van der Waals surface area (Å²) in [6, 6.07) is 6.13. The van der Waals surface area contributed by atoms with Gasteiger partial charge in [0.1, 0.15) is 17.6 Å². The number of methoxy groups -OCH3 is 2. The van der Waals surface area contributed by atoms with E-state index in [9.17, 15) is 38.7 Å². The molecule has 2 fully saturated rings. The molecule has 2 heterocycles. The molecule has 4 N–H and O–H groups in total. The van der Waals surface area contributed by atoms with Crippen LogP contribution in [0, 0.1) is 17.8 Å². The number of likely N-dealkylation sites (N-methyl/N-ethyl adjacent to an activating group) is 1. The molecule has 66 heavy (non-hydrogen) atoms. The van der Waals surface area contributed by atoms with Gasteiger partial charge in [0.05, 0.1) is 36.6 Å². The predicted molar refractivity (Wildman–Crippen MR) is 250 cm³/mol. The van der Waals surface area contributed by atoms with E-state index < -0.39 is 59.7 Å². The van der Waals surface area contributed by atoms with Gasteiger partial charge in [-0.1, -0.05) is 83.4 Å². The molecule has 1 aromatic carbocycles. The van der Waals surface area contributed by atoms with Crippen molar-refractivity contribution in [3.63, 3.8) is 0 Å². The molecule has 4 rings (SSSR count). The lowest BCUT2D eigenvalue weighted by Gasteiger charge is -2.43. The molecular weight excluding hydrogens is 845 g/mol. The van der Waals surface area contributed by atoms with Gasteiger partial charge in [-0.05, 0) is 76.2 Å². The van der Waals surface area contributed by atoms with E-state index in [0.717, 1.165) is 50.5 Å². The van der Waals surface area contributed by atoms with Crippen LogP contribution in [0.2, 0.25) is 0 Å². The average Bonchev–Trinajstić information content (AvgIpc) is 3.90. The fourth-order valence-corrected chi connectivity index (χ4v) is 9.82. The minimum atomic E-state index is -1.15. The Morgan fingerprint density at radius 2 is 1.55 bits per heavy atom. The summed E-state index contributed by atoms with van der Waals surface area (Å²) >= 11 is 0. The summed E-state index contributed by atoms with van der Waals surface area (Å²) in [6.45, 7) is 13.9. The number of imide groups is 1. The number of nitrogens with zero attached hydrogens (tertiary/aromatic N) is 3. The predicted octanol–water partition coefficient (Wildman–Crippen LogP) is 4.76. The van der Waals surface area contributed by atoms with Crippen LogP contribution < -0.4 is 16.0 Å². The highest BCUT2D eigenvalue weighted by molar-refractivity contribution is 6.12. The zero-order chi connectivity index (χ0) is 48.7. The molecule has 366 valence electrons. The molecule has 0 bridgehead atoms. The Morgan fingerprint density at radius 3 is 2.14 bits per heavy atom. The van der Waals surface area contributed by atoms with Gasteiger partial charge in [-0.2, -0.15) is 0 Å². The van der Waals surface area contributed by atoms with Gasteiger partial charge in [-0.3, -0.25) is 33.7 Å². The van der Waals surface area contributed by atoms with Crippen LogP contribution in [0.15, 0.2) is 54.8 Å². The smallest absolute Gasteiger partial charge is 0.326 e. The molecule has 0 spiro atoms. The lowest BCUT2D eigenvalue weighted by Crippen LogP contribution is -2.61. The number of carboxylic acids is 1. The number of ether oxygens (including phenoxy) is 2. The van der Waals surface area contributed by atoms with E-state index in [-0.39, 0.29) is 54.2 Å². The molecule has 1 aliphatic carbocycles. The largest absolute Gasteiger partial charge is 0.480 e. The number of carboxylic acid groups (broad SMARTS) is 1. The standard InChI is InChI=1S/C50H76N6O10/c1-32(2)43(52-49(64)50(5,6)53-33(3)20-13-12-18-28-56-40(57)26-27-41(56)58)47(61)54(7)44(36-23-16-11-17-24-36)39(65-8)31-42(59)55-29-19-25-38(55)45(66-9)34(4)46(60)51-37(48(62)63)30-35-21-14-10-15-22-35/h10,14-15,21-22,26-27,32,34,36-39,43-45,53H,3,11-13,16-20,23-25,28-31H2,1-2,4-9H3,(H,51,60)(H,52,64)(H,62,63)/t34-,37+,38+,39-,43+,44+,45-/m1/s1. The monoisotopic (exact) mass is 921 g/mol. The summed E-state index contributed by atoms with van der Waals surface area (Å²) in [4.78, 5) is 97.2. The summed E-state index contributed by atoms with van der Waals surface area (Å²) < 4.78 is 12.1. The van der Waals surface area contributed by atoms with Gasteiger partial charge in [0.25, 0.3) is 11.8 Å². The number of hydrogen-bond donors (Lipinski definition) is 4. The summed E-state index contributed by atoms with van der Waals surface area (Å²) in [7, 11) is 4.79. The normalized spacial score (nSPS) is 19.5. The molecule has 1 saturated carbocycles. The van der Waals surface area contributed by atoms with Crippen LogP contribution in [0.4, 0.5) is 0 Å². The summed E-state index contributed by atoms with van der Waals surface area (Å²) in [5.41, 5.74) is 0.315. The molecule has 3 aliphatic rings. The SMILES string of the molecule is C=C(CCCCCN1C(=O)C=CC1=O)NC(C)(C)C(=O)N[C@H](C(=O)N(C)[C@@H](C1CCCCC1)[C@@H](CC(=O)N1CCC[C@H]1[C@H](OC)[C@@H](C)C(=O)N[C@@H](Cc1ccccc1)C(=O)O)OC)C(C)C. The van der Waals surface area contributed by atoms with Crippen LogP contribution in [-0.4, -0.2) is 137 Å². The van der Waals surface area contributed by atoms with Crippen LogP contribution in [-0.2, 0) is 49.5 Å². The van der Waals surface area contributed by atoms with Crippen LogP contribution >= 0.6 is 0 Å². The van der Waals surface area contributed by atoms with Gasteiger partial charge in [0.15, 0.2) is 0 Å². The molecule has 2 aliphatic heterocycles. The van der Waals surface area contributed by atoms with Crippen molar-refractivity contribution in [2.45, 2.75) is 160 Å². The molecule has 6 amide bonds. The molecular formula is C50H76N6O10. The van der Waals surface area contributed by atoms with Gasteiger partial charge >= 0.3 is 5.97 Å². The minimum Gasteiger partial charge on any atom is -0.480 e. The third-order valence-electron chi connectivity index (χ3n) is 13.6. The van der Waals surface area contributed by atoms with Crippen molar-refractivity contribution in [1.29, 1.82) is 0 Å². The van der Waals surface area contributed by atoms with E-state index in [2.05, 4.69) is 22.5 Å². The highest BCUT2D eigenvalue weighted by Crippen LogP contribution is 2.34. The number of allylic oxidation sites excluding steroid dienone is 1. The van der Waals surface area contributed by atoms with E-state index in [1.54, 1.807) is 44.7 Å². The Hall–Kier alpha value is -5.09. The number of amides is 6. The van der Waals surface area contributed by atoms with Crippen LogP contribution in [0.25, 0.3) is 0 Å². The summed E-state index contributed by atoms with van der Waals surface area (Å²) in [5.74, 6) is -4.08. The van der Waals surface area contributed by atoms with Gasteiger partial charge in [-0.25, -0.2) is 4.79 Å². The highest BCUT2D eigenvalue weighted by atomic mass is 16.5. The van der Waals surface area contributed by atoms with Crippen molar-refractivity contribution in [3.05, 3.63) is 60.3 Å². The summed E-state index contributed by atoms with van der Waals surface area (Å²) in [5, 5.41) is 18.9. The third kappa shape index (κ3) is 14.5. The van der Waals surface area contributed by atoms with Gasteiger partial charge < -0.3 is 40.3 Å². The topological polar surface area (TPSA) is 204 Å². The first-order chi connectivity index (χ1) is 31.3. The fourth-order valence-electron chi connectivity index (χ4n) is 9.82. The first kappa shape index (κ1) is 53.5. The second-order valence-electron chi connectivity index (χ2n) is 19.2. The van der Waals surface area contributed by atoms with Crippen molar-refractivity contribution in [2.24, 2.45) is 17.8 Å². The van der Waals surface area contributed by atoms with Gasteiger partial charge in [0, 0.05) is 58.6 Å². The van der Waals surface area contributed by atoms with E-state index in [0.29, 0.717) is 44.5 Å². The van der Waals surface area contributed by atoms with Gasteiger partial charge in [0.2, 0.25) is 23.6 Å². The van der Waals surface area contributed by atoms with Crippen LogP contribution in [0.5, 0.6) is 0 Å². The lowest BCUT2D eigenvalue weighted by molar-refractivity contribution is -0.149. The highest BCUT2D eigenvalue weighted by Gasteiger charge is 2.44. The number of aliphatic carboxylic acids is 1. The zero-order valence-electron chi connectivity index (χ0n) is 40.5. The maximum absolute atomic E-state index is 14.7. The summed E-state index contributed by atoms with van der Waals surface area (Å²) in [6.07, 6.45) is 10.0. The molecule has 0 radical (unpaired) electrons. The quantitative estimate of drug-likeness (QED) is 0.0737. The molecule has 1 saturated heterocycles. The maximum atomic E-state index is 14.7. The van der Waals surface area contributed by atoms with Crippen molar-refractivity contribution in [3.8, 4) is 0 Å². The van der Waals surface area contributed by atoms with Crippen LogP contribution in [0.1, 0.15) is 117 Å². The lowest BCUT2D eigenvalue weighted by atomic mass is 9.80. The number of benzene rings is 1. The Morgan fingerprint density at radius 1 is 0.894 bits per heavy atom. The Bertz CT molecular complexity index is 1860. The Labute approximate surface area is 391 Å². The number of carbonyl (C=O) groups is 7. The molecule has 1 aromatic rings. The second-order valence-corrected chi connectivity index (χ2v) is 19.2. The first-order valence-corrected chi connectivity index (χ1v) is 23.8. The number of carbonyl (C=O) groups excluding carboxylic acids is 6. The zero-order valence-corrected chi connectivity index (χ0v) is 40.5. The van der Waals surface area contributed by atoms with Crippen molar-refractivity contribution in [1.82, 2.24) is 30.7 Å². The average molecular weight is 921 g/mol. The van der Waals surface area contributed by atoms with E-state index in [1.807, 2.05) is 44.2 Å². The number of unbranched alkanes of at least 4 members (excludes halogenated alkanes) is 2. The third-order valence-corrected chi connectivity index (χ3v) is 13.6. The molecule has 0 aromatic heterocycles. The van der Waals surface area contributed by atoms with E-state index in [4.69, 9.17) is 9.47 Å². The van der Waals surface area contributed by atoms with E-state index in [1.165, 1.54) is 24.2 Å². The van der Waals surface area contributed by atoms with Gasteiger partial charge in [-0.15, -0.1) is 0 Å². The van der Waals surface area contributed by atoms with Crippen molar-refractivity contribution >= 4 is 41.4 Å². The first-order valence-electron chi connectivity index (χ1n) is 23.8. The minimum absolute atomic E-state index is 0.0234. The molecule has 16 nitrogen and oxygen atoms in total. The molecule has 0 unspecified atom stereocenters. The molecule has 7 atom stereocenters. The van der Waals surface area contributed by atoms with Crippen LogP contribution in [0.3, 0.4) is 0 Å².